The van der Waals surface area contributed by atoms with Gasteiger partial charge in [-0.15, -0.1) is 11.3 Å². The smallest absolute Gasteiger partial charge is 0.338 e. The Morgan fingerprint density at radius 3 is 1.95 bits per heavy atom. The van der Waals surface area contributed by atoms with E-state index in [-0.39, 0.29) is 19.2 Å². The lowest BCUT2D eigenvalue weighted by molar-refractivity contribution is -0.138. The molecule has 0 saturated carbocycles. The normalized spacial score (nSPS) is 10.5. The van der Waals surface area contributed by atoms with Crippen molar-refractivity contribution in [3.05, 3.63) is 79.4 Å². The lowest BCUT2D eigenvalue weighted by Gasteiger charge is -2.06. The summed E-state index contributed by atoms with van der Waals surface area (Å²) in [5.74, 6) is -0.457. The van der Waals surface area contributed by atoms with Gasteiger partial charge in [0, 0.05) is 21.7 Å². The fourth-order valence-electron chi connectivity index (χ4n) is 3.32. The van der Waals surface area contributed by atoms with Gasteiger partial charge in [0.2, 0.25) is 0 Å². The van der Waals surface area contributed by atoms with Gasteiger partial charge in [0.05, 0.1) is 32.0 Å². The molecule has 0 aliphatic carbocycles. The summed E-state index contributed by atoms with van der Waals surface area (Å²) in [5, 5.41) is 1.12. The van der Waals surface area contributed by atoms with Crippen molar-refractivity contribution in [1.82, 2.24) is 0 Å². The lowest BCUT2D eigenvalue weighted by atomic mass is 10.1. The molecule has 8 heteroatoms. The van der Waals surface area contributed by atoms with E-state index in [1.54, 1.807) is 23.5 Å². The third kappa shape index (κ3) is 8.91. The van der Waals surface area contributed by atoms with Gasteiger partial charge in [0.1, 0.15) is 5.75 Å². The highest BCUT2D eigenvalue weighted by Gasteiger charge is 2.10. The molecule has 1 aromatic heterocycles. The Bertz CT molecular complexity index is 1230. The first kappa shape index (κ1) is 27.7. The predicted molar refractivity (Wildman–Crippen MR) is 144 cm³/mol. The van der Waals surface area contributed by atoms with Gasteiger partial charge in [-0.25, -0.2) is 14.4 Å². The van der Waals surface area contributed by atoms with E-state index in [0.717, 1.165) is 51.3 Å². The molecule has 194 valence electrons. The molecule has 0 saturated heterocycles. The van der Waals surface area contributed by atoms with Gasteiger partial charge in [0.25, 0.3) is 0 Å². The van der Waals surface area contributed by atoms with Gasteiger partial charge >= 0.3 is 17.9 Å². The Kier molecular flexibility index (Phi) is 10.9. The number of benzene rings is 2. The molecule has 0 bridgehead atoms. The summed E-state index contributed by atoms with van der Waals surface area (Å²) < 4.78 is 22.1. The highest BCUT2D eigenvalue weighted by Crippen LogP contribution is 2.35. The van der Waals surface area contributed by atoms with Crippen LogP contribution < -0.4 is 4.74 Å². The molecule has 0 fully saturated rings. The molecule has 0 aliphatic heterocycles. The van der Waals surface area contributed by atoms with Crippen molar-refractivity contribution in [2.75, 3.05) is 26.4 Å². The molecule has 0 spiro atoms. The standard InChI is InChI=1S/C29H30O7S/c1-3-27(30)34-16-6-5-15-33-24-14-13-23-19-25(37-26(23)20-24)21-9-11-22(12-10-21)29(32)36-18-8-7-17-35-28(31)4-2/h3-4,9-14,19-20H,1-2,5-8,15-18H2. The van der Waals surface area contributed by atoms with Crippen LogP contribution in [0.4, 0.5) is 0 Å². The first-order valence-electron chi connectivity index (χ1n) is 12.0. The third-order valence-corrected chi connectivity index (χ3v) is 6.44. The monoisotopic (exact) mass is 522 g/mol. The van der Waals surface area contributed by atoms with Crippen LogP contribution in [0.15, 0.2) is 73.8 Å². The number of carbonyl (C=O) groups excluding carboxylic acids is 3. The Morgan fingerprint density at radius 2 is 1.32 bits per heavy atom. The number of fused-ring (bicyclic) bond motifs is 1. The van der Waals surface area contributed by atoms with Crippen molar-refractivity contribution in [3.63, 3.8) is 0 Å². The van der Waals surface area contributed by atoms with Gasteiger partial charge in [-0.05, 0) is 73.0 Å². The summed E-state index contributed by atoms with van der Waals surface area (Å²) in [5.41, 5.74) is 1.50. The Balaban J connectivity index is 1.46. The van der Waals surface area contributed by atoms with Crippen LogP contribution in [0.3, 0.4) is 0 Å². The number of hydrogen-bond acceptors (Lipinski definition) is 8. The average molecular weight is 523 g/mol. The van der Waals surface area contributed by atoms with Crippen LogP contribution in [0.5, 0.6) is 5.75 Å². The SMILES string of the molecule is C=CC(=O)OCCCCOC(=O)c1ccc(-c2cc3ccc(OCCCCOC(=O)C=C)cc3s2)cc1. The second-order valence-corrected chi connectivity index (χ2v) is 9.11. The summed E-state index contributed by atoms with van der Waals surface area (Å²) in [7, 11) is 0. The molecule has 3 rings (SSSR count). The van der Waals surface area contributed by atoms with Crippen molar-refractivity contribution < 1.29 is 33.3 Å². The third-order valence-electron chi connectivity index (χ3n) is 5.30. The van der Waals surface area contributed by atoms with E-state index in [1.807, 2.05) is 30.3 Å². The van der Waals surface area contributed by atoms with E-state index >= 15 is 0 Å². The summed E-state index contributed by atoms with van der Waals surface area (Å²) in [4.78, 5) is 35.4. The molecule has 0 aliphatic rings. The van der Waals surface area contributed by atoms with Crippen LogP contribution in [0.1, 0.15) is 36.0 Å². The summed E-state index contributed by atoms with van der Waals surface area (Å²) in [6, 6.07) is 15.4. The quantitative estimate of drug-likeness (QED) is 0.103. The van der Waals surface area contributed by atoms with E-state index in [0.29, 0.717) is 31.6 Å². The summed E-state index contributed by atoms with van der Waals surface area (Å²) in [6.07, 6.45) is 4.99. The van der Waals surface area contributed by atoms with Crippen molar-refractivity contribution in [1.29, 1.82) is 0 Å². The number of ether oxygens (including phenoxy) is 4. The molecule has 0 amide bonds. The molecule has 0 radical (unpaired) electrons. The van der Waals surface area contributed by atoms with E-state index in [4.69, 9.17) is 18.9 Å². The number of rotatable bonds is 15. The zero-order valence-corrected chi connectivity index (χ0v) is 21.4. The van der Waals surface area contributed by atoms with E-state index in [1.165, 1.54) is 0 Å². The van der Waals surface area contributed by atoms with E-state index in [9.17, 15) is 14.4 Å². The molecular formula is C29H30O7S. The van der Waals surface area contributed by atoms with Gasteiger partial charge < -0.3 is 18.9 Å². The second-order valence-electron chi connectivity index (χ2n) is 8.03. The van der Waals surface area contributed by atoms with Crippen molar-refractivity contribution in [2.24, 2.45) is 0 Å². The first-order chi connectivity index (χ1) is 18.0. The van der Waals surface area contributed by atoms with Crippen LogP contribution in [0.25, 0.3) is 20.5 Å². The van der Waals surface area contributed by atoms with Crippen molar-refractivity contribution >= 4 is 39.3 Å². The summed E-state index contributed by atoms with van der Waals surface area (Å²) in [6.45, 7) is 8.12. The van der Waals surface area contributed by atoms with Gasteiger partial charge in [-0.2, -0.15) is 0 Å². The summed E-state index contributed by atoms with van der Waals surface area (Å²) >= 11 is 1.65. The van der Waals surface area contributed by atoms with Crippen LogP contribution in [0, 0.1) is 0 Å². The number of unbranched alkanes of at least 4 members (excludes halogenated alkanes) is 2. The second kappa shape index (κ2) is 14.6. The Hall–Kier alpha value is -3.91. The molecular weight excluding hydrogens is 492 g/mol. The lowest BCUT2D eigenvalue weighted by Crippen LogP contribution is -2.08. The maximum atomic E-state index is 12.3. The zero-order valence-electron chi connectivity index (χ0n) is 20.6. The largest absolute Gasteiger partial charge is 0.494 e. The first-order valence-corrected chi connectivity index (χ1v) is 12.8. The maximum absolute atomic E-state index is 12.3. The topological polar surface area (TPSA) is 88.1 Å². The van der Waals surface area contributed by atoms with E-state index < -0.39 is 11.9 Å². The maximum Gasteiger partial charge on any atom is 0.338 e. The number of hydrogen-bond donors (Lipinski definition) is 0. The van der Waals surface area contributed by atoms with Crippen LogP contribution in [-0.4, -0.2) is 44.3 Å². The van der Waals surface area contributed by atoms with Crippen molar-refractivity contribution in [3.8, 4) is 16.2 Å². The van der Waals surface area contributed by atoms with Crippen molar-refractivity contribution in [2.45, 2.75) is 25.7 Å². The molecule has 0 N–H and O–H groups in total. The minimum atomic E-state index is -0.457. The number of esters is 3. The van der Waals surface area contributed by atoms with Crippen LogP contribution in [0.2, 0.25) is 0 Å². The average Bonchev–Trinajstić information content (AvgIpc) is 3.35. The Labute approximate surface area is 220 Å². The van der Waals surface area contributed by atoms with Crippen LogP contribution >= 0.6 is 11.3 Å². The Morgan fingerprint density at radius 1 is 0.730 bits per heavy atom. The molecule has 1 heterocycles. The minimum absolute atomic E-state index is 0.260. The molecule has 37 heavy (non-hydrogen) atoms. The molecule has 7 nitrogen and oxygen atoms in total. The fraction of sp³-hybridized carbons (Fsp3) is 0.276. The highest BCUT2D eigenvalue weighted by molar-refractivity contribution is 7.22. The molecule has 3 aromatic rings. The molecule has 2 aromatic carbocycles. The molecule has 0 unspecified atom stereocenters. The van der Waals surface area contributed by atoms with E-state index in [2.05, 4.69) is 19.2 Å². The van der Waals surface area contributed by atoms with Gasteiger partial charge in [-0.3, -0.25) is 0 Å². The van der Waals surface area contributed by atoms with Gasteiger partial charge in [-0.1, -0.05) is 25.3 Å². The number of carbonyl (C=O) groups is 3. The zero-order chi connectivity index (χ0) is 26.5. The minimum Gasteiger partial charge on any atom is -0.494 e. The van der Waals surface area contributed by atoms with Gasteiger partial charge in [0.15, 0.2) is 0 Å². The number of thiophene rings is 1. The fourth-order valence-corrected chi connectivity index (χ4v) is 4.42. The predicted octanol–water partition coefficient (Wildman–Crippen LogP) is 6.12. The van der Waals surface area contributed by atoms with Crippen LogP contribution in [-0.2, 0) is 23.8 Å². The highest BCUT2D eigenvalue weighted by atomic mass is 32.1. The molecule has 0 atom stereocenters.